The number of hydrogen-bond acceptors (Lipinski definition) is 5. The summed E-state index contributed by atoms with van der Waals surface area (Å²) < 4.78 is 5.21. The van der Waals surface area contributed by atoms with Gasteiger partial charge in [0.1, 0.15) is 0 Å². The molecule has 3 aliphatic rings. The van der Waals surface area contributed by atoms with Gasteiger partial charge < -0.3 is 4.74 Å². The summed E-state index contributed by atoms with van der Waals surface area (Å²) >= 11 is 0. The van der Waals surface area contributed by atoms with E-state index in [-0.39, 0.29) is 30.2 Å². The molecule has 1 aromatic rings. The molecule has 0 unspecified atom stereocenters. The lowest BCUT2D eigenvalue weighted by molar-refractivity contribution is -0.122. The third-order valence-corrected chi connectivity index (χ3v) is 6.66. The SMILES string of the molecule is CCCCOC(=O)c1ccc(N2C(=O)C[C@H](N3C[C@H]4CCCC[C@@H]4C3)C2=O)cc1. The lowest BCUT2D eigenvalue weighted by Crippen LogP contribution is -2.41. The number of amides is 2. The Balaban J connectivity index is 1.42. The summed E-state index contributed by atoms with van der Waals surface area (Å²) in [7, 11) is 0. The largest absolute Gasteiger partial charge is 0.462 e. The highest BCUT2D eigenvalue weighted by Crippen LogP contribution is 2.38. The van der Waals surface area contributed by atoms with Gasteiger partial charge in [-0.3, -0.25) is 14.5 Å². The fourth-order valence-corrected chi connectivity index (χ4v) is 5.01. The molecular formula is C23H30N2O4. The highest BCUT2D eigenvalue weighted by Gasteiger charge is 2.46. The molecule has 0 spiro atoms. The van der Waals surface area contributed by atoms with Crippen molar-refractivity contribution >= 4 is 23.5 Å². The molecule has 29 heavy (non-hydrogen) atoms. The van der Waals surface area contributed by atoms with Gasteiger partial charge >= 0.3 is 5.97 Å². The Kier molecular flexibility index (Phi) is 5.99. The van der Waals surface area contributed by atoms with Crippen molar-refractivity contribution in [2.45, 2.75) is 57.9 Å². The van der Waals surface area contributed by atoms with Crippen molar-refractivity contribution in [1.82, 2.24) is 4.90 Å². The van der Waals surface area contributed by atoms with Crippen LogP contribution in [0.5, 0.6) is 0 Å². The molecule has 0 radical (unpaired) electrons. The second-order valence-corrected chi connectivity index (χ2v) is 8.58. The Morgan fingerprint density at radius 2 is 1.72 bits per heavy atom. The zero-order valence-electron chi connectivity index (χ0n) is 17.1. The molecule has 0 bridgehead atoms. The Hall–Kier alpha value is -2.21. The summed E-state index contributed by atoms with van der Waals surface area (Å²) in [6, 6.07) is 6.24. The fraction of sp³-hybridized carbons (Fsp3) is 0.609. The number of unbranched alkanes of at least 4 members (excludes halogenated alkanes) is 1. The van der Waals surface area contributed by atoms with Crippen LogP contribution in [0.25, 0.3) is 0 Å². The van der Waals surface area contributed by atoms with Gasteiger partial charge in [-0.05, 0) is 55.4 Å². The lowest BCUT2D eigenvalue weighted by Gasteiger charge is -2.23. The molecule has 2 aliphatic heterocycles. The molecule has 3 fully saturated rings. The van der Waals surface area contributed by atoms with Gasteiger partial charge in [0.15, 0.2) is 0 Å². The van der Waals surface area contributed by atoms with Crippen LogP contribution < -0.4 is 4.90 Å². The number of ether oxygens (including phenoxy) is 1. The van der Waals surface area contributed by atoms with E-state index in [1.807, 2.05) is 6.92 Å². The van der Waals surface area contributed by atoms with E-state index in [0.717, 1.165) is 25.9 Å². The predicted molar refractivity (Wildman–Crippen MR) is 110 cm³/mol. The summed E-state index contributed by atoms with van der Waals surface area (Å²) in [5.41, 5.74) is 0.966. The number of hydrogen-bond donors (Lipinski definition) is 0. The van der Waals surface area contributed by atoms with Crippen LogP contribution in [-0.2, 0) is 14.3 Å². The lowest BCUT2D eigenvalue weighted by atomic mass is 9.82. The number of anilines is 1. The molecule has 1 aromatic carbocycles. The molecule has 3 atom stereocenters. The first-order chi connectivity index (χ1) is 14.1. The number of likely N-dealkylation sites (tertiary alicyclic amines) is 1. The number of esters is 1. The van der Waals surface area contributed by atoms with Crippen molar-refractivity contribution < 1.29 is 19.1 Å². The normalized spacial score (nSPS) is 27.3. The van der Waals surface area contributed by atoms with E-state index in [1.165, 1.54) is 30.6 Å². The maximum absolute atomic E-state index is 13.1. The van der Waals surface area contributed by atoms with E-state index in [0.29, 0.717) is 29.7 Å². The molecule has 156 valence electrons. The molecule has 6 heteroatoms. The summed E-state index contributed by atoms with van der Waals surface area (Å²) in [6.45, 7) is 4.31. The minimum atomic E-state index is -0.373. The first-order valence-electron chi connectivity index (χ1n) is 11.0. The fourth-order valence-electron chi connectivity index (χ4n) is 5.01. The highest BCUT2D eigenvalue weighted by molar-refractivity contribution is 6.22. The van der Waals surface area contributed by atoms with E-state index in [1.54, 1.807) is 24.3 Å². The standard InChI is InChI=1S/C23H30N2O4/c1-2-3-12-29-23(28)16-8-10-19(11-9-16)25-21(26)13-20(22(25)27)24-14-17-6-4-5-7-18(17)15-24/h8-11,17-18,20H,2-7,12-15H2,1H3/t17-,18-,20+/m1/s1. The third kappa shape index (κ3) is 4.08. The van der Waals surface area contributed by atoms with Gasteiger partial charge in [-0.1, -0.05) is 26.2 Å². The van der Waals surface area contributed by atoms with Crippen molar-refractivity contribution in [2.24, 2.45) is 11.8 Å². The van der Waals surface area contributed by atoms with Gasteiger partial charge in [0, 0.05) is 13.1 Å². The first kappa shape index (κ1) is 20.1. The Morgan fingerprint density at radius 3 is 2.34 bits per heavy atom. The molecule has 1 aliphatic carbocycles. The number of fused-ring (bicyclic) bond motifs is 1. The average molecular weight is 399 g/mol. The average Bonchev–Trinajstić information content (AvgIpc) is 3.28. The van der Waals surface area contributed by atoms with Gasteiger partial charge in [-0.15, -0.1) is 0 Å². The molecular weight excluding hydrogens is 368 g/mol. The Morgan fingerprint density at radius 1 is 1.07 bits per heavy atom. The van der Waals surface area contributed by atoms with Crippen LogP contribution in [-0.4, -0.2) is 48.4 Å². The molecule has 2 saturated heterocycles. The number of carbonyl (C=O) groups excluding carboxylic acids is 3. The molecule has 0 aromatic heterocycles. The molecule has 1 saturated carbocycles. The summed E-state index contributed by atoms with van der Waals surface area (Å²) in [6.07, 6.45) is 7.10. The monoisotopic (exact) mass is 398 g/mol. The van der Waals surface area contributed by atoms with Crippen LogP contribution in [0.4, 0.5) is 5.69 Å². The Bertz CT molecular complexity index is 762. The zero-order chi connectivity index (χ0) is 20.4. The minimum absolute atomic E-state index is 0.132. The molecule has 6 nitrogen and oxygen atoms in total. The maximum atomic E-state index is 13.1. The van der Waals surface area contributed by atoms with Crippen LogP contribution in [0.3, 0.4) is 0 Å². The topological polar surface area (TPSA) is 66.9 Å². The van der Waals surface area contributed by atoms with Crippen molar-refractivity contribution in [3.05, 3.63) is 29.8 Å². The van der Waals surface area contributed by atoms with Crippen molar-refractivity contribution in [3.63, 3.8) is 0 Å². The molecule has 2 amide bonds. The predicted octanol–water partition coefficient (Wildman–Crippen LogP) is 3.40. The third-order valence-electron chi connectivity index (χ3n) is 6.66. The van der Waals surface area contributed by atoms with Crippen LogP contribution in [0, 0.1) is 11.8 Å². The van der Waals surface area contributed by atoms with E-state index in [2.05, 4.69) is 4.90 Å². The van der Waals surface area contributed by atoms with E-state index >= 15 is 0 Å². The van der Waals surface area contributed by atoms with E-state index < -0.39 is 0 Å². The first-order valence-corrected chi connectivity index (χ1v) is 11.0. The maximum Gasteiger partial charge on any atom is 0.338 e. The van der Waals surface area contributed by atoms with Gasteiger partial charge in [0.2, 0.25) is 5.91 Å². The number of nitrogens with zero attached hydrogens (tertiary/aromatic N) is 2. The molecule has 0 N–H and O–H groups in total. The minimum Gasteiger partial charge on any atom is -0.462 e. The van der Waals surface area contributed by atoms with Crippen LogP contribution in [0.1, 0.15) is 62.2 Å². The zero-order valence-corrected chi connectivity index (χ0v) is 17.1. The van der Waals surface area contributed by atoms with Gasteiger partial charge in [-0.25, -0.2) is 9.69 Å². The molecule has 4 rings (SSSR count). The van der Waals surface area contributed by atoms with Crippen molar-refractivity contribution in [2.75, 3.05) is 24.6 Å². The van der Waals surface area contributed by atoms with Crippen molar-refractivity contribution in [1.29, 1.82) is 0 Å². The van der Waals surface area contributed by atoms with Crippen molar-refractivity contribution in [3.8, 4) is 0 Å². The number of rotatable bonds is 6. The van der Waals surface area contributed by atoms with Crippen LogP contribution in [0.15, 0.2) is 24.3 Å². The number of imide groups is 1. The van der Waals surface area contributed by atoms with Gasteiger partial charge in [-0.2, -0.15) is 0 Å². The Labute approximate surface area is 172 Å². The second-order valence-electron chi connectivity index (χ2n) is 8.58. The van der Waals surface area contributed by atoms with Crippen LogP contribution in [0.2, 0.25) is 0 Å². The molecule has 2 heterocycles. The second kappa shape index (κ2) is 8.66. The quantitative estimate of drug-likeness (QED) is 0.417. The summed E-state index contributed by atoms with van der Waals surface area (Å²) in [4.78, 5) is 41.3. The smallest absolute Gasteiger partial charge is 0.338 e. The van der Waals surface area contributed by atoms with E-state index in [9.17, 15) is 14.4 Å². The summed E-state index contributed by atoms with van der Waals surface area (Å²) in [5, 5.41) is 0. The summed E-state index contributed by atoms with van der Waals surface area (Å²) in [5.74, 6) is 0.694. The van der Waals surface area contributed by atoms with Gasteiger partial charge in [0.25, 0.3) is 5.91 Å². The van der Waals surface area contributed by atoms with Gasteiger partial charge in [0.05, 0.1) is 30.3 Å². The van der Waals surface area contributed by atoms with E-state index in [4.69, 9.17) is 4.74 Å². The number of carbonyl (C=O) groups is 3. The highest BCUT2D eigenvalue weighted by atomic mass is 16.5. The van der Waals surface area contributed by atoms with Crippen LogP contribution >= 0.6 is 0 Å². The number of benzene rings is 1.